The molecule has 0 bridgehead atoms. The minimum absolute atomic E-state index is 0.103. The van der Waals surface area contributed by atoms with Crippen LogP contribution in [0.5, 0.6) is 5.88 Å². The van der Waals surface area contributed by atoms with E-state index in [9.17, 15) is 4.79 Å². The lowest BCUT2D eigenvalue weighted by Crippen LogP contribution is -2.24. The summed E-state index contributed by atoms with van der Waals surface area (Å²) >= 11 is 4.32. The number of carbonyl (C=O) groups excluding carboxylic acids is 1. The number of aryl methyl sites for hydroxylation is 1. The highest BCUT2D eigenvalue weighted by atomic mass is 32.1. The van der Waals surface area contributed by atoms with Gasteiger partial charge in [0.1, 0.15) is 0 Å². The van der Waals surface area contributed by atoms with Crippen LogP contribution in [0.1, 0.15) is 12.0 Å². The average Bonchev–Trinajstić information content (AvgIpc) is 2.58. The van der Waals surface area contributed by atoms with Gasteiger partial charge in [0, 0.05) is 23.8 Å². The van der Waals surface area contributed by atoms with Gasteiger partial charge in [-0.25, -0.2) is 4.98 Å². The van der Waals surface area contributed by atoms with E-state index in [0.29, 0.717) is 18.8 Å². The summed E-state index contributed by atoms with van der Waals surface area (Å²) in [7, 11) is 1.58. The number of rotatable bonds is 2. The molecule has 0 radical (unpaired) electrons. The molecule has 0 saturated carbocycles. The van der Waals surface area contributed by atoms with Crippen molar-refractivity contribution in [2.75, 3.05) is 18.6 Å². The average molecular weight is 238 g/mol. The van der Waals surface area contributed by atoms with Gasteiger partial charge in [-0.2, -0.15) is 12.6 Å². The molecule has 1 amide bonds. The Bertz CT molecular complexity index is 422. The molecule has 1 aromatic heterocycles. The zero-order valence-electron chi connectivity index (χ0n) is 9.30. The van der Waals surface area contributed by atoms with Gasteiger partial charge in [0.25, 0.3) is 0 Å². The van der Waals surface area contributed by atoms with E-state index in [0.717, 1.165) is 11.3 Å². The molecule has 2 heterocycles. The molecule has 0 aromatic carbocycles. The van der Waals surface area contributed by atoms with Crippen LogP contribution in [0.25, 0.3) is 0 Å². The molecule has 16 heavy (non-hydrogen) atoms. The number of nitrogens with zero attached hydrogens (tertiary/aromatic N) is 2. The number of pyridine rings is 1. The van der Waals surface area contributed by atoms with Gasteiger partial charge in [-0.15, -0.1) is 0 Å². The summed E-state index contributed by atoms with van der Waals surface area (Å²) < 4.78 is 5.08. The van der Waals surface area contributed by atoms with Crippen LogP contribution in [0.2, 0.25) is 0 Å². The highest BCUT2D eigenvalue weighted by molar-refractivity contribution is 7.81. The molecule has 4 nitrogen and oxygen atoms in total. The molecule has 1 aliphatic rings. The van der Waals surface area contributed by atoms with Crippen LogP contribution in [0, 0.1) is 6.92 Å². The minimum Gasteiger partial charge on any atom is -0.481 e. The molecule has 86 valence electrons. The Hall–Kier alpha value is -1.23. The van der Waals surface area contributed by atoms with Gasteiger partial charge in [-0.1, -0.05) is 0 Å². The van der Waals surface area contributed by atoms with Crippen molar-refractivity contribution >= 4 is 24.2 Å². The summed E-state index contributed by atoms with van der Waals surface area (Å²) in [5.74, 6) is 0.698. The first-order valence-electron chi connectivity index (χ1n) is 5.11. The molecular formula is C11H14N2O2S. The Kier molecular flexibility index (Phi) is 3.05. The smallest absolute Gasteiger partial charge is 0.228 e. The highest BCUT2D eigenvalue weighted by Crippen LogP contribution is 2.26. The van der Waals surface area contributed by atoms with E-state index in [2.05, 4.69) is 17.6 Å². The van der Waals surface area contributed by atoms with E-state index >= 15 is 0 Å². The second-order valence-electron chi connectivity index (χ2n) is 3.88. The van der Waals surface area contributed by atoms with Crippen molar-refractivity contribution in [2.24, 2.45) is 0 Å². The Labute approximate surface area is 100 Å². The van der Waals surface area contributed by atoms with Gasteiger partial charge >= 0.3 is 0 Å². The van der Waals surface area contributed by atoms with E-state index in [-0.39, 0.29) is 11.2 Å². The molecule has 1 aliphatic heterocycles. The number of carbonyl (C=O) groups is 1. The van der Waals surface area contributed by atoms with Crippen molar-refractivity contribution < 1.29 is 9.53 Å². The topological polar surface area (TPSA) is 42.4 Å². The van der Waals surface area contributed by atoms with E-state index < -0.39 is 0 Å². The van der Waals surface area contributed by atoms with Crippen molar-refractivity contribution in [1.82, 2.24) is 4.98 Å². The Morgan fingerprint density at radius 2 is 2.38 bits per heavy atom. The van der Waals surface area contributed by atoms with Gasteiger partial charge < -0.3 is 9.64 Å². The van der Waals surface area contributed by atoms with E-state index in [4.69, 9.17) is 4.74 Å². The normalized spacial score (nSPS) is 20.3. The lowest BCUT2D eigenvalue weighted by molar-refractivity contribution is -0.117. The number of thiol groups is 1. The largest absolute Gasteiger partial charge is 0.481 e. The van der Waals surface area contributed by atoms with Crippen LogP contribution in [0.3, 0.4) is 0 Å². The van der Waals surface area contributed by atoms with Crippen molar-refractivity contribution in [3.05, 3.63) is 17.8 Å². The standard InChI is InChI=1S/C11H14N2O2S/c1-7-3-8(5-12-11(7)15-2)13-6-9(16)4-10(13)14/h3,5,9,16H,4,6H2,1-2H3. The van der Waals surface area contributed by atoms with E-state index in [1.807, 2.05) is 13.0 Å². The minimum atomic E-state index is 0.103. The van der Waals surface area contributed by atoms with Gasteiger partial charge in [0.15, 0.2) is 0 Å². The number of hydrogen-bond donors (Lipinski definition) is 1. The third-order valence-corrected chi connectivity index (χ3v) is 2.97. The molecule has 0 spiro atoms. The van der Waals surface area contributed by atoms with Crippen LogP contribution >= 0.6 is 12.6 Å². The van der Waals surface area contributed by atoms with Crippen LogP contribution in [0.15, 0.2) is 12.3 Å². The first-order valence-corrected chi connectivity index (χ1v) is 5.62. The maximum atomic E-state index is 11.7. The van der Waals surface area contributed by atoms with E-state index in [1.165, 1.54) is 0 Å². The third kappa shape index (κ3) is 2.00. The van der Waals surface area contributed by atoms with E-state index in [1.54, 1.807) is 18.2 Å². The van der Waals surface area contributed by atoms with Crippen LogP contribution in [-0.4, -0.2) is 29.8 Å². The lowest BCUT2D eigenvalue weighted by Gasteiger charge is -2.16. The highest BCUT2D eigenvalue weighted by Gasteiger charge is 2.28. The quantitative estimate of drug-likeness (QED) is 0.793. The number of hydrogen-bond acceptors (Lipinski definition) is 4. The Morgan fingerprint density at radius 1 is 1.62 bits per heavy atom. The second kappa shape index (κ2) is 4.33. The molecule has 0 N–H and O–H groups in total. The predicted octanol–water partition coefficient (Wildman–Crippen LogP) is 1.43. The van der Waals surface area contributed by atoms with Crippen LogP contribution in [0.4, 0.5) is 5.69 Å². The summed E-state index contributed by atoms with van der Waals surface area (Å²) in [5.41, 5.74) is 1.75. The molecule has 1 fully saturated rings. The van der Waals surface area contributed by atoms with Crippen LogP contribution < -0.4 is 9.64 Å². The second-order valence-corrected chi connectivity index (χ2v) is 4.61. The van der Waals surface area contributed by atoms with Crippen molar-refractivity contribution in [3.8, 4) is 5.88 Å². The Morgan fingerprint density at radius 3 is 2.88 bits per heavy atom. The number of methoxy groups -OCH3 is 1. The zero-order valence-corrected chi connectivity index (χ0v) is 10.2. The lowest BCUT2D eigenvalue weighted by atomic mass is 10.2. The van der Waals surface area contributed by atoms with Gasteiger partial charge in [0.05, 0.1) is 19.0 Å². The van der Waals surface area contributed by atoms with Crippen molar-refractivity contribution in [3.63, 3.8) is 0 Å². The summed E-state index contributed by atoms with van der Waals surface area (Å²) in [4.78, 5) is 17.5. The molecule has 1 atom stereocenters. The molecule has 1 unspecified atom stereocenters. The number of anilines is 1. The first-order chi connectivity index (χ1) is 7.61. The summed E-state index contributed by atoms with van der Waals surface area (Å²) in [5, 5.41) is 0.120. The summed E-state index contributed by atoms with van der Waals surface area (Å²) in [6.07, 6.45) is 2.16. The number of amides is 1. The molecular weight excluding hydrogens is 224 g/mol. The molecule has 1 saturated heterocycles. The molecule has 1 aromatic rings. The fourth-order valence-corrected chi connectivity index (χ4v) is 2.17. The van der Waals surface area contributed by atoms with Crippen LogP contribution in [-0.2, 0) is 4.79 Å². The maximum Gasteiger partial charge on any atom is 0.228 e. The number of ether oxygens (including phenoxy) is 1. The molecule has 5 heteroatoms. The molecule has 0 aliphatic carbocycles. The zero-order chi connectivity index (χ0) is 11.7. The van der Waals surface area contributed by atoms with Gasteiger partial charge in [-0.3, -0.25) is 4.79 Å². The predicted molar refractivity (Wildman–Crippen MR) is 65.3 cm³/mol. The Balaban J connectivity index is 2.28. The van der Waals surface area contributed by atoms with Gasteiger partial charge in [-0.05, 0) is 13.0 Å². The SMILES string of the molecule is COc1ncc(N2CC(S)CC2=O)cc1C. The molecule has 2 rings (SSSR count). The monoisotopic (exact) mass is 238 g/mol. The van der Waals surface area contributed by atoms with Crippen molar-refractivity contribution in [1.29, 1.82) is 0 Å². The first kappa shape index (κ1) is 11.3. The third-order valence-electron chi connectivity index (χ3n) is 2.63. The summed E-state index contributed by atoms with van der Waals surface area (Å²) in [6, 6.07) is 1.91. The summed E-state index contributed by atoms with van der Waals surface area (Å²) in [6.45, 7) is 2.56. The fraction of sp³-hybridized carbons (Fsp3) is 0.455. The van der Waals surface area contributed by atoms with Crippen molar-refractivity contribution in [2.45, 2.75) is 18.6 Å². The maximum absolute atomic E-state index is 11.7. The fourth-order valence-electron chi connectivity index (χ4n) is 1.85. The number of aromatic nitrogens is 1. The van der Waals surface area contributed by atoms with Gasteiger partial charge in [0.2, 0.25) is 11.8 Å².